The van der Waals surface area contributed by atoms with Gasteiger partial charge in [-0.3, -0.25) is 0 Å². The maximum atomic E-state index is 11.5. The molecule has 102 valence electrons. The summed E-state index contributed by atoms with van der Waals surface area (Å²) in [5.74, 6) is 2.80. The normalized spacial score (nSPS) is 23.9. The van der Waals surface area contributed by atoms with Gasteiger partial charge in [-0.2, -0.15) is 0 Å². The van der Waals surface area contributed by atoms with Crippen LogP contribution in [0.15, 0.2) is 18.2 Å². The van der Waals surface area contributed by atoms with Gasteiger partial charge >= 0.3 is 5.69 Å². The van der Waals surface area contributed by atoms with E-state index < -0.39 is 0 Å². The van der Waals surface area contributed by atoms with E-state index in [0.717, 1.165) is 17.1 Å². The van der Waals surface area contributed by atoms with Crippen LogP contribution in [-0.4, -0.2) is 11.5 Å². The fraction of sp³-hybridized carbons (Fsp3) is 0.571. The van der Waals surface area contributed by atoms with Crippen LogP contribution in [0.5, 0.6) is 5.75 Å². The van der Waals surface area contributed by atoms with Crippen LogP contribution in [-0.2, 0) is 0 Å². The Kier molecular flexibility index (Phi) is 4.32. The third-order valence-corrected chi connectivity index (χ3v) is 6.60. The zero-order chi connectivity index (χ0) is 14.0. The van der Waals surface area contributed by atoms with E-state index in [0.29, 0.717) is 17.0 Å². The molecule has 1 aromatic carbocycles. The second kappa shape index (κ2) is 5.64. The van der Waals surface area contributed by atoms with Crippen molar-refractivity contribution in [2.45, 2.75) is 25.4 Å². The van der Waals surface area contributed by atoms with Crippen molar-refractivity contribution in [2.24, 2.45) is 11.3 Å². The summed E-state index contributed by atoms with van der Waals surface area (Å²) in [4.78, 5) is 3.29. The molecule has 0 unspecified atom stereocenters. The van der Waals surface area contributed by atoms with Crippen LogP contribution in [0.25, 0.3) is 4.98 Å². The van der Waals surface area contributed by atoms with E-state index in [1.165, 1.54) is 6.07 Å². The largest absolute Gasteiger partial charge is 0.872 e. The van der Waals surface area contributed by atoms with Gasteiger partial charge in [0, 0.05) is 6.07 Å². The average Bonchev–Trinajstić information content (AvgIpc) is 2.38. The van der Waals surface area contributed by atoms with Gasteiger partial charge in [-0.15, -0.1) is 29.3 Å². The second-order valence-corrected chi connectivity index (χ2v) is 8.46. The quantitative estimate of drug-likeness (QED) is 0.721. The standard InChI is InChI=1S/C14H18N2OS2/c1-14(2,3)9-7-18-13(19-8-9)11-6-10(17)4-5-12(11)16-15/h4-6,9,13H,7-8H2,1-3H3. The van der Waals surface area contributed by atoms with Gasteiger partial charge in [0.15, 0.2) is 4.98 Å². The van der Waals surface area contributed by atoms with Crippen molar-refractivity contribution in [3.8, 4) is 5.75 Å². The van der Waals surface area contributed by atoms with Crippen LogP contribution in [0, 0.1) is 16.7 Å². The van der Waals surface area contributed by atoms with Crippen molar-refractivity contribution in [3.05, 3.63) is 28.7 Å². The molecule has 1 heterocycles. The van der Waals surface area contributed by atoms with Crippen molar-refractivity contribution in [1.82, 2.24) is 0 Å². The molecule has 1 aliphatic rings. The minimum Gasteiger partial charge on any atom is -0.872 e. The summed E-state index contributed by atoms with van der Waals surface area (Å²) in [6, 6.07) is 4.63. The Morgan fingerprint density at radius 2 is 1.89 bits per heavy atom. The Morgan fingerprint density at radius 1 is 1.26 bits per heavy atom. The van der Waals surface area contributed by atoms with E-state index in [2.05, 4.69) is 25.7 Å². The number of diazo groups is 1. The highest BCUT2D eigenvalue weighted by molar-refractivity contribution is 8.16. The predicted molar refractivity (Wildman–Crippen MR) is 81.2 cm³/mol. The third-order valence-electron chi connectivity index (χ3n) is 3.48. The summed E-state index contributed by atoms with van der Waals surface area (Å²) in [5, 5.41) is 20.5. The molecule has 1 aliphatic heterocycles. The molecule has 1 saturated heterocycles. The molecule has 0 atom stereocenters. The van der Waals surface area contributed by atoms with E-state index in [9.17, 15) is 5.11 Å². The lowest BCUT2D eigenvalue weighted by Crippen LogP contribution is -2.27. The van der Waals surface area contributed by atoms with Crippen LogP contribution in [0.3, 0.4) is 0 Å². The number of thioether (sulfide) groups is 2. The first kappa shape index (κ1) is 14.5. The summed E-state index contributed by atoms with van der Waals surface area (Å²) in [7, 11) is 0. The summed E-state index contributed by atoms with van der Waals surface area (Å²) >= 11 is 3.68. The summed E-state index contributed by atoms with van der Waals surface area (Å²) in [5.41, 5.74) is 1.67. The van der Waals surface area contributed by atoms with Gasteiger partial charge in [-0.05, 0) is 22.8 Å². The van der Waals surface area contributed by atoms with Gasteiger partial charge in [0.2, 0.25) is 5.39 Å². The number of nitrogens with zero attached hydrogens (tertiary/aromatic N) is 2. The van der Waals surface area contributed by atoms with E-state index in [-0.39, 0.29) is 10.3 Å². The molecule has 0 bridgehead atoms. The summed E-state index contributed by atoms with van der Waals surface area (Å²) in [6.45, 7) is 6.81. The molecule has 0 radical (unpaired) electrons. The zero-order valence-electron chi connectivity index (χ0n) is 11.4. The SMILES string of the molecule is CC(C)(C)C1CSC(c2cc([O-])ccc2[N+]#N)SC1. The van der Waals surface area contributed by atoms with E-state index in [1.54, 1.807) is 12.1 Å². The Bertz CT molecular complexity index is 497. The first-order chi connectivity index (χ1) is 8.91. The van der Waals surface area contributed by atoms with E-state index in [4.69, 9.17) is 5.39 Å². The van der Waals surface area contributed by atoms with Crippen molar-refractivity contribution in [2.75, 3.05) is 11.5 Å². The lowest BCUT2D eigenvalue weighted by atomic mass is 9.83. The highest BCUT2D eigenvalue weighted by Crippen LogP contribution is 2.51. The highest BCUT2D eigenvalue weighted by Gasteiger charge is 2.33. The zero-order valence-corrected chi connectivity index (χ0v) is 13.1. The lowest BCUT2D eigenvalue weighted by molar-refractivity contribution is -0.268. The Morgan fingerprint density at radius 3 is 2.42 bits per heavy atom. The molecule has 1 aromatic rings. The predicted octanol–water partition coefficient (Wildman–Crippen LogP) is 4.39. The molecule has 0 aromatic heterocycles. The maximum absolute atomic E-state index is 11.5. The number of benzene rings is 1. The lowest BCUT2D eigenvalue weighted by Gasteiger charge is -2.36. The molecule has 0 amide bonds. The van der Waals surface area contributed by atoms with Crippen molar-refractivity contribution in [3.63, 3.8) is 0 Å². The Balaban J connectivity index is 2.14. The van der Waals surface area contributed by atoms with Gasteiger partial charge in [0.05, 0.1) is 10.1 Å². The minimum absolute atomic E-state index is 0.0263. The third kappa shape index (κ3) is 3.37. The van der Waals surface area contributed by atoms with E-state index in [1.807, 2.05) is 23.5 Å². The van der Waals surface area contributed by atoms with Crippen LogP contribution >= 0.6 is 23.5 Å². The Hall–Kier alpha value is -0.860. The highest BCUT2D eigenvalue weighted by atomic mass is 32.2. The van der Waals surface area contributed by atoms with Crippen molar-refractivity contribution in [1.29, 1.82) is 5.39 Å². The molecule has 2 rings (SSSR count). The molecule has 0 aliphatic carbocycles. The Labute approximate surface area is 122 Å². The fourth-order valence-corrected chi connectivity index (χ4v) is 5.79. The van der Waals surface area contributed by atoms with Crippen molar-refractivity contribution >= 4 is 29.2 Å². The number of hydrogen-bond donors (Lipinski definition) is 0. The number of rotatable bonds is 1. The van der Waals surface area contributed by atoms with Crippen LogP contribution < -0.4 is 5.11 Å². The molecule has 3 nitrogen and oxygen atoms in total. The van der Waals surface area contributed by atoms with E-state index >= 15 is 0 Å². The van der Waals surface area contributed by atoms with Crippen LogP contribution in [0.2, 0.25) is 0 Å². The molecular formula is C14H18N2OS2. The average molecular weight is 294 g/mol. The van der Waals surface area contributed by atoms with Crippen molar-refractivity contribution < 1.29 is 5.11 Å². The first-order valence-electron chi connectivity index (χ1n) is 6.31. The van der Waals surface area contributed by atoms with Crippen LogP contribution in [0.4, 0.5) is 5.69 Å². The smallest absolute Gasteiger partial charge is 0.390 e. The van der Waals surface area contributed by atoms with Gasteiger partial charge in [0.25, 0.3) is 0 Å². The summed E-state index contributed by atoms with van der Waals surface area (Å²) in [6.07, 6.45) is 0. The van der Waals surface area contributed by atoms with Gasteiger partial charge in [0.1, 0.15) is 0 Å². The molecular weight excluding hydrogens is 276 g/mol. The van der Waals surface area contributed by atoms with Gasteiger partial charge in [-0.1, -0.05) is 32.9 Å². The van der Waals surface area contributed by atoms with Gasteiger partial charge < -0.3 is 5.11 Å². The monoisotopic (exact) mass is 294 g/mol. The van der Waals surface area contributed by atoms with Gasteiger partial charge in [-0.25, -0.2) is 0 Å². The molecule has 5 heteroatoms. The topological polar surface area (TPSA) is 51.2 Å². The summed E-state index contributed by atoms with van der Waals surface area (Å²) < 4.78 is 0.193. The van der Waals surface area contributed by atoms with Crippen LogP contribution in [0.1, 0.15) is 30.9 Å². The second-order valence-electron chi connectivity index (χ2n) is 5.88. The molecule has 0 saturated carbocycles. The number of hydrogen-bond acceptors (Lipinski definition) is 4. The first-order valence-corrected chi connectivity index (χ1v) is 8.41. The molecule has 0 N–H and O–H groups in total. The maximum Gasteiger partial charge on any atom is 0.390 e. The molecule has 0 spiro atoms. The molecule has 1 fully saturated rings. The minimum atomic E-state index is -0.0263. The fourth-order valence-electron chi connectivity index (χ4n) is 2.00. The molecule has 19 heavy (non-hydrogen) atoms.